The fourth-order valence-electron chi connectivity index (χ4n) is 4.65. The highest BCUT2D eigenvalue weighted by atomic mass is 32.1. The van der Waals surface area contributed by atoms with Gasteiger partial charge in [0, 0.05) is 26.2 Å². The lowest BCUT2D eigenvalue weighted by molar-refractivity contribution is 0.0700. The molecule has 2 fully saturated rings. The molecule has 0 radical (unpaired) electrons. The molecule has 0 saturated carbocycles. The number of thiophene rings is 1. The lowest BCUT2D eigenvalue weighted by Crippen LogP contribution is -2.36. The van der Waals surface area contributed by atoms with E-state index in [9.17, 15) is 9.90 Å². The molecule has 0 aliphatic carbocycles. The Balaban J connectivity index is 1.39. The molecule has 8 heteroatoms. The topological polar surface area (TPSA) is 78.8 Å². The van der Waals surface area contributed by atoms with E-state index in [2.05, 4.69) is 19.8 Å². The third-order valence-electron chi connectivity index (χ3n) is 6.29. The minimum atomic E-state index is -0.877. The number of rotatable bonds is 8. The zero-order chi connectivity index (χ0) is 21.1. The van der Waals surface area contributed by atoms with Crippen LogP contribution in [0, 0.1) is 5.92 Å². The van der Waals surface area contributed by atoms with Gasteiger partial charge in [0.25, 0.3) is 0 Å². The molecule has 0 unspecified atom stereocenters. The predicted molar refractivity (Wildman–Crippen MR) is 120 cm³/mol. The van der Waals surface area contributed by atoms with Gasteiger partial charge in [0.05, 0.1) is 12.0 Å². The largest absolute Gasteiger partial charge is 0.477 e. The number of likely N-dealkylation sites (tertiary alicyclic amines) is 1. The van der Waals surface area contributed by atoms with Crippen LogP contribution >= 0.6 is 11.3 Å². The Bertz CT molecular complexity index is 871. The van der Waals surface area contributed by atoms with Crippen molar-refractivity contribution < 1.29 is 14.6 Å². The minimum Gasteiger partial charge on any atom is -0.477 e. The average molecular weight is 433 g/mol. The molecule has 0 aromatic carbocycles. The van der Waals surface area contributed by atoms with Crippen molar-refractivity contribution in [2.24, 2.45) is 5.92 Å². The van der Waals surface area contributed by atoms with Crippen LogP contribution in [0.25, 0.3) is 10.2 Å². The number of carbonyl (C=O) groups is 1. The molecule has 7 nitrogen and oxygen atoms in total. The van der Waals surface area contributed by atoms with E-state index in [0.717, 1.165) is 67.3 Å². The number of aromatic carboxylic acids is 1. The monoisotopic (exact) mass is 432 g/mol. The molecule has 164 valence electrons. The third kappa shape index (κ3) is 4.60. The fourth-order valence-corrected chi connectivity index (χ4v) is 5.78. The third-order valence-corrected chi connectivity index (χ3v) is 7.40. The summed E-state index contributed by atoms with van der Waals surface area (Å²) in [5.41, 5.74) is 0.866. The summed E-state index contributed by atoms with van der Waals surface area (Å²) in [6, 6.07) is 0. The molecule has 2 saturated heterocycles. The van der Waals surface area contributed by atoms with Gasteiger partial charge in [-0.3, -0.25) is 0 Å². The molecular formula is C22H32N4O3S. The van der Waals surface area contributed by atoms with Crippen LogP contribution < -0.4 is 4.90 Å². The van der Waals surface area contributed by atoms with Crippen molar-refractivity contribution in [1.82, 2.24) is 14.9 Å². The quantitative estimate of drug-likeness (QED) is 0.635. The highest BCUT2D eigenvalue weighted by molar-refractivity contribution is 7.20. The number of hydrogen-bond donors (Lipinski definition) is 1. The molecule has 0 atom stereocenters. The second-order valence-electron chi connectivity index (χ2n) is 8.74. The van der Waals surface area contributed by atoms with E-state index in [1.165, 1.54) is 37.3 Å². The summed E-state index contributed by atoms with van der Waals surface area (Å²) in [7, 11) is 0. The average Bonchev–Trinajstić information content (AvgIpc) is 3.39. The molecule has 2 aliphatic heterocycles. The fraction of sp³-hybridized carbons (Fsp3) is 0.682. The number of carboxylic acids is 1. The maximum atomic E-state index is 11.8. The summed E-state index contributed by atoms with van der Waals surface area (Å²) in [6.45, 7) is 11.1. The van der Waals surface area contributed by atoms with Crippen molar-refractivity contribution in [2.75, 3.05) is 50.8 Å². The molecular weight excluding hydrogens is 400 g/mol. The van der Waals surface area contributed by atoms with Gasteiger partial charge in [-0.25, -0.2) is 14.8 Å². The molecule has 0 spiro atoms. The Morgan fingerprint density at radius 3 is 2.63 bits per heavy atom. The van der Waals surface area contributed by atoms with Crippen LogP contribution in [0.1, 0.15) is 60.7 Å². The summed E-state index contributed by atoms with van der Waals surface area (Å²) >= 11 is 1.26. The van der Waals surface area contributed by atoms with Gasteiger partial charge in [-0.2, -0.15) is 0 Å². The van der Waals surface area contributed by atoms with Gasteiger partial charge in [0.1, 0.15) is 21.9 Å². The highest BCUT2D eigenvalue weighted by Gasteiger charge is 2.27. The predicted octanol–water partition coefficient (Wildman–Crippen LogP) is 3.84. The van der Waals surface area contributed by atoms with Crippen LogP contribution in [0.4, 0.5) is 5.82 Å². The molecule has 1 N–H and O–H groups in total. The van der Waals surface area contributed by atoms with Gasteiger partial charge < -0.3 is 19.6 Å². The van der Waals surface area contributed by atoms with Crippen molar-refractivity contribution in [3.05, 3.63) is 16.8 Å². The Labute approximate surface area is 182 Å². The minimum absolute atomic E-state index is 0.108. The number of piperidine rings is 1. The van der Waals surface area contributed by atoms with Crippen molar-refractivity contribution in [2.45, 2.75) is 45.4 Å². The first-order chi connectivity index (χ1) is 14.5. The first kappa shape index (κ1) is 21.5. The zero-order valence-electron chi connectivity index (χ0n) is 18.0. The van der Waals surface area contributed by atoms with Gasteiger partial charge in [-0.05, 0) is 56.2 Å². The van der Waals surface area contributed by atoms with E-state index in [0.29, 0.717) is 10.8 Å². The first-order valence-electron chi connectivity index (χ1n) is 11.1. The Kier molecular flexibility index (Phi) is 6.85. The van der Waals surface area contributed by atoms with Crippen LogP contribution in [0.5, 0.6) is 0 Å². The lowest BCUT2D eigenvalue weighted by atomic mass is 9.96. The van der Waals surface area contributed by atoms with Crippen LogP contribution in [0.2, 0.25) is 0 Å². The van der Waals surface area contributed by atoms with Gasteiger partial charge in [-0.15, -0.1) is 11.3 Å². The first-order valence-corrected chi connectivity index (χ1v) is 11.9. The summed E-state index contributed by atoms with van der Waals surface area (Å²) in [6.07, 6.45) is 6.36. The lowest BCUT2D eigenvalue weighted by Gasteiger charge is -2.33. The van der Waals surface area contributed by atoms with E-state index in [1.54, 1.807) is 6.33 Å². The number of carboxylic acid groups (broad SMARTS) is 1. The van der Waals surface area contributed by atoms with E-state index < -0.39 is 5.97 Å². The van der Waals surface area contributed by atoms with Gasteiger partial charge in [0.2, 0.25) is 0 Å². The highest BCUT2D eigenvalue weighted by Crippen LogP contribution is 2.40. The molecule has 0 amide bonds. The smallest absolute Gasteiger partial charge is 0.346 e. The molecule has 2 aromatic heterocycles. The van der Waals surface area contributed by atoms with Gasteiger partial charge in [-0.1, -0.05) is 13.8 Å². The maximum Gasteiger partial charge on any atom is 0.346 e. The van der Waals surface area contributed by atoms with Crippen LogP contribution in [0.3, 0.4) is 0 Å². The van der Waals surface area contributed by atoms with E-state index >= 15 is 0 Å². The molecule has 2 aromatic rings. The summed E-state index contributed by atoms with van der Waals surface area (Å²) < 4.78 is 5.98. The summed E-state index contributed by atoms with van der Waals surface area (Å²) in [5, 5.41) is 10.6. The maximum absolute atomic E-state index is 11.8. The normalized spacial score (nSPS) is 18.7. The number of fused-ring (bicyclic) bond motifs is 1. The summed E-state index contributed by atoms with van der Waals surface area (Å²) in [4.78, 5) is 26.7. The van der Waals surface area contributed by atoms with E-state index in [-0.39, 0.29) is 5.92 Å². The van der Waals surface area contributed by atoms with E-state index in [1.807, 2.05) is 13.8 Å². The Hall–Kier alpha value is -1.77. The molecule has 4 heterocycles. The Morgan fingerprint density at radius 1 is 1.23 bits per heavy atom. The number of ether oxygens (including phenoxy) is 1. The van der Waals surface area contributed by atoms with Crippen molar-refractivity contribution >= 4 is 33.3 Å². The van der Waals surface area contributed by atoms with Crippen LogP contribution in [-0.4, -0.2) is 71.9 Å². The standard InChI is InChI=1S/C22H32N4O3S/c1-15(2)17-18-20(23-14-24-21(18)30-19(17)22(27)28)26-9-5-16(6-10-26)13-29-12-11-25-7-3-4-8-25/h14-16H,3-13H2,1-2H3,(H,27,28). The Morgan fingerprint density at radius 2 is 1.97 bits per heavy atom. The number of aromatic nitrogens is 2. The zero-order valence-corrected chi connectivity index (χ0v) is 18.8. The van der Waals surface area contributed by atoms with Gasteiger partial charge in [0.15, 0.2) is 0 Å². The van der Waals surface area contributed by atoms with Crippen molar-refractivity contribution in [3.63, 3.8) is 0 Å². The number of hydrogen-bond acceptors (Lipinski definition) is 7. The van der Waals surface area contributed by atoms with E-state index in [4.69, 9.17) is 4.74 Å². The molecule has 2 aliphatic rings. The second-order valence-corrected chi connectivity index (χ2v) is 9.74. The second kappa shape index (κ2) is 9.58. The van der Waals surface area contributed by atoms with Gasteiger partial charge >= 0.3 is 5.97 Å². The van der Waals surface area contributed by atoms with Crippen LogP contribution in [0.15, 0.2) is 6.33 Å². The van der Waals surface area contributed by atoms with Crippen LogP contribution in [-0.2, 0) is 4.74 Å². The SMILES string of the molecule is CC(C)c1c(C(=O)O)sc2ncnc(N3CCC(COCCN4CCCC4)CC3)c12. The van der Waals surface area contributed by atoms with Crippen molar-refractivity contribution in [1.29, 1.82) is 0 Å². The molecule has 0 bridgehead atoms. The van der Waals surface area contributed by atoms with Crippen molar-refractivity contribution in [3.8, 4) is 0 Å². The number of anilines is 1. The molecule has 30 heavy (non-hydrogen) atoms. The summed E-state index contributed by atoms with van der Waals surface area (Å²) in [5.74, 6) is 0.702. The number of nitrogens with zero attached hydrogens (tertiary/aromatic N) is 4. The molecule has 4 rings (SSSR count).